The molecule has 19 heavy (non-hydrogen) atoms. The molecule has 0 saturated carbocycles. The molecule has 0 spiro atoms. The van der Waals surface area contributed by atoms with Crippen LogP contribution in [0.2, 0.25) is 5.02 Å². The van der Waals surface area contributed by atoms with Crippen LogP contribution in [0.1, 0.15) is 20.3 Å². The van der Waals surface area contributed by atoms with Crippen LogP contribution in [0.4, 0.5) is 4.39 Å². The number of benzene rings is 1. The lowest BCUT2D eigenvalue weighted by atomic mass is 10.2. The summed E-state index contributed by atoms with van der Waals surface area (Å²) in [6.45, 7) is 5.68. The molecule has 3 nitrogen and oxygen atoms in total. The molecule has 0 fully saturated rings. The van der Waals surface area contributed by atoms with Gasteiger partial charge in [0.05, 0.1) is 15.7 Å². The van der Waals surface area contributed by atoms with Crippen LogP contribution in [0.25, 0.3) is 0 Å². The van der Waals surface area contributed by atoms with Crippen LogP contribution >= 0.6 is 11.6 Å². The highest BCUT2D eigenvalue weighted by molar-refractivity contribution is 7.91. The van der Waals surface area contributed by atoms with Crippen molar-refractivity contribution in [1.29, 1.82) is 0 Å². The fraction of sp³-hybridized carbons (Fsp3) is 0.538. The lowest BCUT2D eigenvalue weighted by molar-refractivity contribution is 0.546. The number of hydrogen-bond acceptors (Lipinski definition) is 3. The maximum absolute atomic E-state index is 13.0. The predicted molar refractivity (Wildman–Crippen MR) is 75.8 cm³/mol. The summed E-state index contributed by atoms with van der Waals surface area (Å²) in [5, 5.41) is 3.01. The van der Waals surface area contributed by atoms with Gasteiger partial charge < -0.3 is 5.32 Å². The van der Waals surface area contributed by atoms with E-state index >= 15 is 0 Å². The summed E-state index contributed by atoms with van der Waals surface area (Å²) in [6, 6.07) is 3.48. The minimum atomic E-state index is -3.39. The van der Waals surface area contributed by atoms with Crippen LogP contribution in [-0.2, 0) is 9.84 Å². The number of hydrogen-bond donors (Lipinski definition) is 1. The molecule has 0 aliphatic rings. The van der Waals surface area contributed by atoms with E-state index in [4.69, 9.17) is 11.6 Å². The Balaban J connectivity index is 2.54. The van der Waals surface area contributed by atoms with Crippen molar-refractivity contribution in [2.75, 3.05) is 18.8 Å². The normalized spacial score (nSPS) is 12.1. The lowest BCUT2D eigenvalue weighted by Crippen LogP contribution is -2.22. The SMILES string of the molecule is CC(C)CNCCCS(=O)(=O)c1ccc(F)c(Cl)c1. The number of rotatable bonds is 7. The third kappa shape index (κ3) is 5.47. The molecular formula is C13H19ClFNO2S. The van der Waals surface area contributed by atoms with Crippen LogP contribution < -0.4 is 5.32 Å². The van der Waals surface area contributed by atoms with Crippen LogP contribution in [0.3, 0.4) is 0 Å². The third-order valence-corrected chi connectivity index (χ3v) is 4.66. The van der Waals surface area contributed by atoms with Crippen molar-refractivity contribution in [3.05, 3.63) is 29.0 Å². The van der Waals surface area contributed by atoms with Crippen molar-refractivity contribution in [1.82, 2.24) is 5.32 Å². The highest BCUT2D eigenvalue weighted by Gasteiger charge is 2.15. The smallest absolute Gasteiger partial charge is 0.178 e. The Morgan fingerprint density at radius 2 is 2.05 bits per heavy atom. The highest BCUT2D eigenvalue weighted by Crippen LogP contribution is 2.20. The molecule has 0 aromatic heterocycles. The van der Waals surface area contributed by atoms with Gasteiger partial charge in [0, 0.05) is 0 Å². The molecular weight excluding hydrogens is 289 g/mol. The summed E-state index contributed by atoms with van der Waals surface area (Å²) in [5.74, 6) is -0.0493. The average molecular weight is 308 g/mol. The Labute approximate surface area is 119 Å². The Kier molecular flexibility index (Phi) is 6.23. The zero-order valence-electron chi connectivity index (χ0n) is 11.1. The number of halogens is 2. The monoisotopic (exact) mass is 307 g/mol. The molecule has 1 aromatic rings. The van der Waals surface area contributed by atoms with E-state index in [0.717, 1.165) is 18.7 Å². The van der Waals surface area contributed by atoms with Gasteiger partial charge in [-0.3, -0.25) is 0 Å². The maximum Gasteiger partial charge on any atom is 0.178 e. The van der Waals surface area contributed by atoms with Gasteiger partial charge >= 0.3 is 0 Å². The minimum Gasteiger partial charge on any atom is -0.316 e. The van der Waals surface area contributed by atoms with Crippen molar-refractivity contribution in [3.8, 4) is 0 Å². The van der Waals surface area contributed by atoms with E-state index in [2.05, 4.69) is 19.2 Å². The average Bonchev–Trinajstić information content (AvgIpc) is 2.31. The molecule has 0 atom stereocenters. The van der Waals surface area contributed by atoms with Gasteiger partial charge in [-0.15, -0.1) is 0 Å². The molecule has 0 unspecified atom stereocenters. The van der Waals surface area contributed by atoms with Crippen molar-refractivity contribution in [3.63, 3.8) is 0 Å². The first-order valence-corrected chi connectivity index (χ1v) is 8.24. The molecule has 1 rings (SSSR count). The molecule has 0 aliphatic heterocycles. The first-order chi connectivity index (χ1) is 8.83. The molecule has 0 amide bonds. The van der Waals surface area contributed by atoms with Crippen molar-refractivity contribution < 1.29 is 12.8 Å². The van der Waals surface area contributed by atoms with Gasteiger partial charge in [-0.2, -0.15) is 0 Å². The Hall–Kier alpha value is -0.650. The summed E-state index contributed by atoms with van der Waals surface area (Å²) in [6.07, 6.45) is 0.518. The van der Waals surface area contributed by atoms with Gasteiger partial charge in [-0.05, 0) is 43.6 Å². The van der Waals surface area contributed by atoms with E-state index < -0.39 is 15.7 Å². The summed E-state index contributed by atoms with van der Waals surface area (Å²) in [5.41, 5.74) is 0. The zero-order valence-corrected chi connectivity index (χ0v) is 12.7. The summed E-state index contributed by atoms with van der Waals surface area (Å²) < 4.78 is 36.9. The highest BCUT2D eigenvalue weighted by atomic mass is 35.5. The maximum atomic E-state index is 13.0. The molecule has 0 saturated heterocycles. The fourth-order valence-electron chi connectivity index (χ4n) is 1.57. The second kappa shape index (κ2) is 7.22. The van der Waals surface area contributed by atoms with Gasteiger partial charge in [0.15, 0.2) is 9.84 Å². The van der Waals surface area contributed by atoms with E-state index in [-0.39, 0.29) is 15.7 Å². The van der Waals surface area contributed by atoms with E-state index in [9.17, 15) is 12.8 Å². The van der Waals surface area contributed by atoms with E-state index in [1.165, 1.54) is 6.07 Å². The predicted octanol–water partition coefficient (Wildman–Crippen LogP) is 2.89. The van der Waals surface area contributed by atoms with Crippen LogP contribution in [0.15, 0.2) is 23.1 Å². The largest absolute Gasteiger partial charge is 0.316 e. The van der Waals surface area contributed by atoms with E-state index in [1.54, 1.807) is 0 Å². The van der Waals surface area contributed by atoms with Crippen molar-refractivity contribution in [2.45, 2.75) is 25.2 Å². The molecule has 0 bridgehead atoms. The Morgan fingerprint density at radius 1 is 1.37 bits per heavy atom. The summed E-state index contributed by atoms with van der Waals surface area (Å²) in [7, 11) is -3.39. The van der Waals surface area contributed by atoms with Gasteiger partial charge in [-0.1, -0.05) is 25.4 Å². The van der Waals surface area contributed by atoms with Crippen LogP contribution in [0, 0.1) is 11.7 Å². The second-order valence-corrected chi connectivity index (χ2v) is 7.36. The van der Waals surface area contributed by atoms with Gasteiger partial charge in [-0.25, -0.2) is 12.8 Å². The molecule has 1 N–H and O–H groups in total. The van der Waals surface area contributed by atoms with E-state index in [1.807, 2.05) is 0 Å². The molecule has 0 aliphatic carbocycles. The fourth-order valence-corrected chi connectivity index (χ4v) is 3.14. The van der Waals surface area contributed by atoms with Gasteiger partial charge in [0.2, 0.25) is 0 Å². The number of nitrogens with one attached hydrogen (secondary N) is 1. The number of sulfone groups is 1. The Bertz CT molecular complexity index is 517. The molecule has 1 aromatic carbocycles. The Morgan fingerprint density at radius 3 is 2.63 bits per heavy atom. The first kappa shape index (κ1) is 16.4. The zero-order chi connectivity index (χ0) is 14.5. The van der Waals surface area contributed by atoms with Crippen LogP contribution in [0.5, 0.6) is 0 Å². The van der Waals surface area contributed by atoms with E-state index in [0.29, 0.717) is 18.9 Å². The molecule has 0 heterocycles. The molecule has 6 heteroatoms. The topological polar surface area (TPSA) is 46.2 Å². The van der Waals surface area contributed by atoms with Crippen molar-refractivity contribution in [2.24, 2.45) is 5.92 Å². The van der Waals surface area contributed by atoms with Gasteiger partial charge in [0.25, 0.3) is 0 Å². The molecule has 0 radical (unpaired) electrons. The second-order valence-electron chi connectivity index (χ2n) is 4.85. The van der Waals surface area contributed by atoms with Crippen LogP contribution in [-0.4, -0.2) is 27.3 Å². The summed E-state index contributed by atoms with van der Waals surface area (Å²) >= 11 is 5.59. The first-order valence-electron chi connectivity index (χ1n) is 6.21. The third-order valence-electron chi connectivity index (χ3n) is 2.57. The summed E-state index contributed by atoms with van der Waals surface area (Å²) in [4.78, 5) is 0.0720. The quantitative estimate of drug-likeness (QED) is 0.622. The van der Waals surface area contributed by atoms with Gasteiger partial charge in [0.1, 0.15) is 5.82 Å². The standard InChI is InChI=1S/C13H19ClFNO2S/c1-10(2)9-16-6-3-7-19(17,18)11-4-5-13(15)12(14)8-11/h4-5,8,10,16H,3,6-7,9H2,1-2H3. The lowest BCUT2D eigenvalue weighted by Gasteiger charge is -2.08. The van der Waals surface area contributed by atoms with Crippen molar-refractivity contribution >= 4 is 21.4 Å². The minimum absolute atomic E-state index is 0.0278. The molecule has 108 valence electrons.